The standard InChI is InChI=1S/C16H24O5.C16H24O4.C15H22O4.C14H18O7.C14H20O4.10CH4/c1-5-16(2,3)15(18)21-13-8-6-9(12(13)19-4)11-10(8)7-20-14(11)17;1-5-16(3,4)15(18)20-13-8(2)9-6-10(13)11-7-19-14(17)12(9)11;1-4-15(2,3)14(17)19-11-6-8-5-9(11)10-7-18-13(16)12(8)10;1-4-5(2)12(15)20-10-8-6(13(16)18-3)7-9(19-8)11(10)21-14(7)17;1-3-7(2)13(15)18-11-5-8-4-9(11)10-6-17-14(16)12(8)10;;;;;;;;;;/h8-13H,5-7H2,1-4H3;8-13H,5-7H2,1-4H3;8-12H,4-7H2,1-3H3;5-11H,4H2,1-3H3;7-12H,3-6H2,1-2H3;10*1H4. The van der Waals surface area contributed by atoms with Crippen molar-refractivity contribution < 1.29 is 114 Å². The molecule has 7 saturated heterocycles. The number of ether oxygens (including phenoxy) is 13. The second kappa shape index (κ2) is 39.2. The summed E-state index contributed by atoms with van der Waals surface area (Å²) >= 11 is 0. The van der Waals surface area contributed by atoms with Gasteiger partial charge in [-0.25, -0.2) is 0 Å². The first kappa shape index (κ1) is 101. The van der Waals surface area contributed by atoms with Gasteiger partial charge in [0.25, 0.3) is 0 Å². The Morgan fingerprint density at radius 3 is 1.19 bits per heavy atom. The van der Waals surface area contributed by atoms with E-state index in [-0.39, 0.29) is 230 Å². The Morgan fingerprint density at radius 2 is 0.771 bits per heavy atom. The van der Waals surface area contributed by atoms with Crippen molar-refractivity contribution in [3.63, 3.8) is 0 Å². The van der Waals surface area contributed by atoms with Crippen LogP contribution in [0.5, 0.6) is 0 Å². The first-order chi connectivity index (χ1) is 46.8. The van der Waals surface area contributed by atoms with Crippen LogP contribution in [0.15, 0.2) is 0 Å². The van der Waals surface area contributed by atoms with Gasteiger partial charge < -0.3 is 61.6 Å². The van der Waals surface area contributed by atoms with Gasteiger partial charge in [-0.15, -0.1) is 0 Å². The van der Waals surface area contributed by atoms with Gasteiger partial charge in [0.2, 0.25) is 0 Å². The van der Waals surface area contributed by atoms with E-state index in [0.29, 0.717) is 74.3 Å². The monoisotopic (exact) mass is 1550 g/mol. The highest BCUT2D eigenvalue weighted by molar-refractivity contribution is 5.87. The predicted molar refractivity (Wildman–Crippen MR) is 413 cm³/mol. The Bertz CT molecular complexity index is 3120. The number of methoxy groups -OCH3 is 2. The molecule has 30 unspecified atom stereocenters. The highest BCUT2D eigenvalue weighted by atomic mass is 16.7. The average Bonchev–Trinajstić information content (AvgIpc) is 1.56. The Morgan fingerprint density at radius 1 is 0.394 bits per heavy atom. The fourth-order valence-corrected chi connectivity index (χ4v) is 19.4. The van der Waals surface area contributed by atoms with E-state index in [1.165, 1.54) is 7.11 Å². The molecule has 7 heterocycles. The second-order valence-corrected chi connectivity index (χ2v) is 33.2. The predicted octanol–water partition coefficient (Wildman–Crippen LogP) is 14.6. The van der Waals surface area contributed by atoms with Crippen LogP contribution in [0.3, 0.4) is 0 Å². The van der Waals surface area contributed by atoms with E-state index in [1.54, 1.807) is 14.0 Å². The van der Waals surface area contributed by atoms with Crippen LogP contribution < -0.4 is 0 Å². The number of hydrogen-bond donors (Lipinski definition) is 0. The van der Waals surface area contributed by atoms with Crippen molar-refractivity contribution >= 4 is 65.7 Å². The minimum absolute atomic E-state index is 0. The first-order valence-electron chi connectivity index (χ1n) is 37.0. The summed E-state index contributed by atoms with van der Waals surface area (Å²) in [5, 5.41) is 0. The highest BCUT2D eigenvalue weighted by Gasteiger charge is 2.73. The van der Waals surface area contributed by atoms with Crippen LogP contribution in [0.25, 0.3) is 0 Å². The summed E-state index contributed by atoms with van der Waals surface area (Å²) in [5.74, 6) is 0.122. The molecule has 7 aliphatic heterocycles. The number of hydrogen-bond acceptors (Lipinski definition) is 24. The number of cyclic esters (lactones) is 4. The smallest absolute Gasteiger partial charge is 0.313 e. The molecule has 8 aliphatic carbocycles. The molecule has 0 N–H and O–H groups in total. The second-order valence-electron chi connectivity index (χ2n) is 33.2. The third kappa shape index (κ3) is 18.2. The lowest BCUT2D eigenvalue weighted by Gasteiger charge is -2.36. The van der Waals surface area contributed by atoms with Crippen molar-refractivity contribution in [1.82, 2.24) is 0 Å². The number of esters is 11. The topological polar surface area (TPSA) is 308 Å². The molecule has 24 heteroatoms. The third-order valence-electron chi connectivity index (χ3n) is 27.0. The lowest BCUT2D eigenvalue weighted by atomic mass is 9.74. The van der Waals surface area contributed by atoms with Gasteiger partial charge >= 0.3 is 65.7 Å². The zero-order valence-corrected chi connectivity index (χ0v) is 60.7. The maximum absolute atomic E-state index is 12.4. The van der Waals surface area contributed by atoms with E-state index in [0.717, 1.165) is 64.2 Å². The summed E-state index contributed by atoms with van der Waals surface area (Å²) in [6.07, 6.45) is 6.42. The van der Waals surface area contributed by atoms with Gasteiger partial charge in [0, 0.05) is 60.4 Å². The summed E-state index contributed by atoms with van der Waals surface area (Å²) in [4.78, 5) is 131. The maximum atomic E-state index is 12.4. The summed E-state index contributed by atoms with van der Waals surface area (Å²) < 4.78 is 70.4. The van der Waals surface area contributed by atoms with Crippen molar-refractivity contribution in [2.75, 3.05) is 40.6 Å². The van der Waals surface area contributed by atoms with Gasteiger partial charge in [0.1, 0.15) is 48.5 Å². The van der Waals surface area contributed by atoms with E-state index >= 15 is 0 Å². The van der Waals surface area contributed by atoms with Gasteiger partial charge in [-0.2, -0.15) is 0 Å². The minimum atomic E-state index is -0.763. The van der Waals surface area contributed by atoms with Crippen molar-refractivity contribution in [3.05, 3.63) is 0 Å². The highest BCUT2D eigenvalue weighted by Crippen LogP contribution is 2.61. The number of carbonyl (C=O) groups excluding carboxylic acids is 11. The molecular weight excluding hydrogens is 1400 g/mol. The SMILES string of the molecule is C.C.C.C.C.C.C.C.C.C.CCC(C)(C)C(=O)OC1C(C)C2CC1C1COC(=O)C21.CCC(C)(C)C(=O)OC1C2CC(C1OC)C1C(=O)OCC21.CCC(C)(C)C(=O)OC1CC2CC1C1COC(=O)C21.CCC(C)C(=O)OC1C2OC(=O)C3C2OC1C3C(=O)OC.CCC(C)C(=O)OC1CC2CC1C1COC(=O)C21. The van der Waals surface area contributed by atoms with E-state index in [4.69, 9.17) is 61.6 Å². The molecule has 10 bridgehead atoms. The fourth-order valence-electron chi connectivity index (χ4n) is 19.4. The Kier molecular flexibility index (Phi) is 36.4. The van der Waals surface area contributed by atoms with Crippen LogP contribution in [0.2, 0.25) is 0 Å². The number of rotatable bonds is 17. The Labute approximate surface area is 655 Å². The van der Waals surface area contributed by atoms with Crippen LogP contribution in [0.1, 0.15) is 242 Å². The molecule has 24 nitrogen and oxygen atoms in total. The van der Waals surface area contributed by atoms with Gasteiger partial charge in [-0.3, -0.25) is 52.7 Å². The molecule has 0 radical (unpaired) electrons. The first-order valence-corrected chi connectivity index (χ1v) is 37.0. The molecule has 0 aromatic carbocycles. The summed E-state index contributed by atoms with van der Waals surface area (Å²) in [7, 11) is 2.89. The van der Waals surface area contributed by atoms with Gasteiger partial charge in [0.15, 0.2) is 12.2 Å². The van der Waals surface area contributed by atoms with Crippen molar-refractivity contribution in [1.29, 1.82) is 0 Å². The molecule has 15 rings (SSSR count). The quantitative estimate of drug-likeness (QED) is 0.0964. The molecule has 8 saturated carbocycles. The molecule has 109 heavy (non-hydrogen) atoms. The molecular formula is C85H148O24. The Balaban J connectivity index is 0.000000667. The summed E-state index contributed by atoms with van der Waals surface area (Å²) in [5.41, 5.74) is -1.33. The molecule has 632 valence electrons. The van der Waals surface area contributed by atoms with Crippen LogP contribution in [0, 0.1) is 141 Å². The molecule has 0 aromatic rings. The molecule has 0 amide bonds. The van der Waals surface area contributed by atoms with Crippen LogP contribution >= 0.6 is 0 Å². The van der Waals surface area contributed by atoms with Gasteiger partial charge in [-0.05, 0) is 136 Å². The summed E-state index contributed by atoms with van der Waals surface area (Å²) in [6, 6.07) is 0. The number of carbonyl (C=O) groups is 11. The van der Waals surface area contributed by atoms with Crippen LogP contribution in [-0.2, 0) is 114 Å². The van der Waals surface area contributed by atoms with Gasteiger partial charge in [-0.1, -0.05) is 130 Å². The molecule has 30 atom stereocenters. The third-order valence-corrected chi connectivity index (χ3v) is 27.0. The van der Waals surface area contributed by atoms with E-state index in [1.807, 2.05) is 83.1 Å². The lowest BCUT2D eigenvalue weighted by Crippen LogP contribution is -2.48. The van der Waals surface area contributed by atoms with E-state index in [9.17, 15) is 52.7 Å². The average molecular weight is 1550 g/mol. The summed E-state index contributed by atoms with van der Waals surface area (Å²) in [6.45, 7) is 29.2. The fraction of sp³-hybridized carbons (Fsp3) is 0.871. The number of fused-ring (bicyclic) bond motifs is 21. The van der Waals surface area contributed by atoms with Crippen LogP contribution in [-0.4, -0.2) is 161 Å². The maximum Gasteiger partial charge on any atom is 0.313 e. The largest absolute Gasteiger partial charge is 0.469 e. The normalized spacial score (nSPS) is 37.6. The zero-order valence-electron chi connectivity index (χ0n) is 60.7. The molecule has 0 spiro atoms. The Hall–Kier alpha value is -5.91. The van der Waals surface area contributed by atoms with Gasteiger partial charge in [0.05, 0.1) is 91.4 Å². The van der Waals surface area contributed by atoms with Crippen LogP contribution in [0.4, 0.5) is 0 Å². The molecule has 15 fully saturated rings. The van der Waals surface area contributed by atoms with E-state index < -0.39 is 64.4 Å². The van der Waals surface area contributed by atoms with Crippen molar-refractivity contribution in [2.24, 2.45) is 141 Å². The lowest BCUT2D eigenvalue weighted by molar-refractivity contribution is -0.174. The minimum Gasteiger partial charge on any atom is -0.469 e. The molecule has 15 aliphatic rings. The van der Waals surface area contributed by atoms with Crippen molar-refractivity contribution in [3.8, 4) is 0 Å². The van der Waals surface area contributed by atoms with E-state index in [2.05, 4.69) is 6.92 Å². The zero-order chi connectivity index (χ0) is 72.0. The van der Waals surface area contributed by atoms with Crippen molar-refractivity contribution in [2.45, 2.75) is 297 Å². The molecule has 0 aromatic heterocycles.